The predicted molar refractivity (Wildman–Crippen MR) is 43.3 cm³/mol. The molecule has 0 aliphatic rings. The molecule has 1 rings (SSSR count). The fourth-order valence-corrected chi connectivity index (χ4v) is 0.707. The third kappa shape index (κ3) is 3.08. The van der Waals surface area contributed by atoms with Gasteiger partial charge in [-0.15, -0.1) is 0 Å². The van der Waals surface area contributed by atoms with E-state index in [9.17, 15) is 18.0 Å². The van der Waals surface area contributed by atoms with Crippen LogP contribution in [-0.2, 0) is 4.79 Å². The van der Waals surface area contributed by atoms with Crippen molar-refractivity contribution in [2.24, 2.45) is 0 Å². The average Bonchev–Trinajstić information content (AvgIpc) is 2.16. The normalized spacial score (nSPS) is 10.9. The van der Waals surface area contributed by atoms with Gasteiger partial charge >= 0.3 is 12.1 Å². The summed E-state index contributed by atoms with van der Waals surface area (Å²) < 4.78 is 40.1. The highest BCUT2D eigenvalue weighted by molar-refractivity contribution is 5.94. The summed E-state index contributed by atoms with van der Waals surface area (Å²) in [5, 5.41) is 1.56. The minimum Gasteiger partial charge on any atom is -0.481 e. The number of nitrogens with one attached hydrogen (secondary N) is 1. The average molecular weight is 221 g/mol. The number of hydrogen-bond donors (Lipinski definition) is 1. The van der Waals surface area contributed by atoms with E-state index in [0.717, 1.165) is 12.4 Å². The standard InChI is InChI=1S/C7H6F3N3O2/c1-15-5-2-4(11-3-12-5)13-6(14)7(8,9)10/h2-3H,1H3,(H,11,12,13,14). The Labute approximate surface area is 82.3 Å². The van der Waals surface area contributed by atoms with Gasteiger partial charge < -0.3 is 10.1 Å². The lowest BCUT2D eigenvalue weighted by Gasteiger charge is -2.07. The van der Waals surface area contributed by atoms with Crippen molar-refractivity contribution < 1.29 is 22.7 Å². The molecule has 82 valence electrons. The number of carbonyl (C=O) groups excluding carboxylic acids is 1. The summed E-state index contributed by atoms with van der Waals surface area (Å²) in [6.07, 6.45) is -3.97. The molecule has 1 N–H and O–H groups in total. The van der Waals surface area contributed by atoms with Gasteiger partial charge in [0.15, 0.2) is 0 Å². The number of rotatable bonds is 2. The van der Waals surface area contributed by atoms with Crippen LogP contribution in [-0.4, -0.2) is 29.2 Å². The van der Waals surface area contributed by atoms with Crippen molar-refractivity contribution in [2.45, 2.75) is 6.18 Å². The number of halogens is 3. The highest BCUT2D eigenvalue weighted by Crippen LogP contribution is 2.18. The number of nitrogens with zero attached hydrogens (tertiary/aromatic N) is 2. The van der Waals surface area contributed by atoms with Gasteiger partial charge in [-0.2, -0.15) is 13.2 Å². The third-order valence-corrected chi connectivity index (χ3v) is 1.35. The van der Waals surface area contributed by atoms with Crippen molar-refractivity contribution in [3.63, 3.8) is 0 Å². The van der Waals surface area contributed by atoms with E-state index < -0.39 is 12.1 Å². The predicted octanol–water partition coefficient (Wildman–Crippen LogP) is 0.986. The summed E-state index contributed by atoms with van der Waals surface area (Å²) in [5.41, 5.74) is 0. The van der Waals surface area contributed by atoms with Gasteiger partial charge in [-0.1, -0.05) is 0 Å². The number of carbonyl (C=O) groups is 1. The molecule has 1 aromatic heterocycles. The van der Waals surface area contributed by atoms with Crippen LogP contribution in [0.5, 0.6) is 5.88 Å². The van der Waals surface area contributed by atoms with Gasteiger partial charge in [0, 0.05) is 6.07 Å². The summed E-state index contributed by atoms with van der Waals surface area (Å²) in [5.74, 6) is -2.31. The molecular weight excluding hydrogens is 215 g/mol. The van der Waals surface area contributed by atoms with Gasteiger partial charge in [0.25, 0.3) is 0 Å². The fourth-order valence-electron chi connectivity index (χ4n) is 0.707. The van der Waals surface area contributed by atoms with Gasteiger partial charge in [-0.25, -0.2) is 9.97 Å². The number of methoxy groups -OCH3 is 1. The molecule has 0 atom stereocenters. The largest absolute Gasteiger partial charge is 0.481 e. The summed E-state index contributed by atoms with van der Waals surface area (Å²) in [6, 6.07) is 1.07. The van der Waals surface area contributed by atoms with Crippen LogP contribution in [0.4, 0.5) is 19.0 Å². The van der Waals surface area contributed by atoms with Gasteiger partial charge in [-0.05, 0) is 0 Å². The molecular formula is C7H6F3N3O2. The summed E-state index contributed by atoms with van der Waals surface area (Å²) in [7, 11) is 1.29. The first-order chi connectivity index (χ1) is 6.93. The number of aromatic nitrogens is 2. The first-order valence-corrected chi connectivity index (χ1v) is 3.67. The Balaban J connectivity index is 2.77. The third-order valence-electron chi connectivity index (χ3n) is 1.35. The van der Waals surface area contributed by atoms with E-state index in [1.165, 1.54) is 7.11 Å². The van der Waals surface area contributed by atoms with Crippen LogP contribution in [0.1, 0.15) is 0 Å². The minimum absolute atomic E-state index is 0.0578. The zero-order valence-electron chi connectivity index (χ0n) is 7.50. The molecule has 0 saturated heterocycles. The quantitative estimate of drug-likeness (QED) is 0.808. The first-order valence-electron chi connectivity index (χ1n) is 3.67. The van der Waals surface area contributed by atoms with Gasteiger partial charge in [0.2, 0.25) is 5.88 Å². The Bertz CT molecular complexity index is 367. The molecule has 5 nitrogen and oxygen atoms in total. The second-order valence-corrected chi connectivity index (χ2v) is 2.40. The smallest absolute Gasteiger partial charge is 0.471 e. The minimum atomic E-state index is -4.95. The van der Waals surface area contributed by atoms with Crippen LogP contribution in [0, 0.1) is 0 Å². The van der Waals surface area contributed by atoms with Crippen molar-refractivity contribution in [3.05, 3.63) is 12.4 Å². The monoisotopic (exact) mass is 221 g/mol. The molecule has 0 aliphatic carbocycles. The van der Waals surface area contributed by atoms with Crippen LogP contribution in [0.25, 0.3) is 0 Å². The maximum atomic E-state index is 11.8. The molecule has 8 heteroatoms. The van der Waals surface area contributed by atoms with E-state index in [1.54, 1.807) is 5.32 Å². The fraction of sp³-hybridized carbons (Fsp3) is 0.286. The molecule has 1 aromatic rings. The number of ether oxygens (including phenoxy) is 1. The van der Waals surface area contributed by atoms with Crippen LogP contribution in [0.2, 0.25) is 0 Å². The molecule has 0 bridgehead atoms. The first kappa shape index (κ1) is 11.2. The van der Waals surface area contributed by atoms with Crippen LogP contribution in [0.3, 0.4) is 0 Å². The highest BCUT2D eigenvalue weighted by Gasteiger charge is 2.38. The van der Waals surface area contributed by atoms with Gasteiger partial charge in [0.1, 0.15) is 12.1 Å². The Kier molecular flexibility index (Phi) is 3.08. The SMILES string of the molecule is COc1cc(NC(=O)C(F)(F)F)ncn1. The number of anilines is 1. The molecule has 0 aromatic carbocycles. The number of alkyl halides is 3. The van der Waals surface area contributed by atoms with E-state index in [4.69, 9.17) is 0 Å². The van der Waals surface area contributed by atoms with Crippen molar-refractivity contribution in [3.8, 4) is 5.88 Å². The van der Waals surface area contributed by atoms with E-state index in [2.05, 4.69) is 14.7 Å². The maximum Gasteiger partial charge on any atom is 0.471 e. The second kappa shape index (κ2) is 4.11. The lowest BCUT2D eigenvalue weighted by atomic mass is 10.5. The van der Waals surface area contributed by atoms with E-state index >= 15 is 0 Å². The topological polar surface area (TPSA) is 64.1 Å². The molecule has 0 aliphatic heterocycles. The van der Waals surface area contributed by atoms with Gasteiger partial charge in [-0.3, -0.25) is 4.79 Å². The molecule has 15 heavy (non-hydrogen) atoms. The van der Waals surface area contributed by atoms with Crippen molar-refractivity contribution in [1.82, 2.24) is 9.97 Å². The highest BCUT2D eigenvalue weighted by atomic mass is 19.4. The van der Waals surface area contributed by atoms with E-state index in [0.29, 0.717) is 0 Å². The molecule has 0 radical (unpaired) electrons. The molecule has 1 heterocycles. The summed E-state index contributed by atoms with van der Waals surface area (Å²) in [6.45, 7) is 0. The van der Waals surface area contributed by atoms with Crippen molar-refractivity contribution in [2.75, 3.05) is 12.4 Å². The van der Waals surface area contributed by atoms with E-state index in [-0.39, 0.29) is 11.7 Å². The Morgan fingerprint density at radius 1 is 1.47 bits per heavy atom. The summed E-state index contributed by atoms with van der Waals surface area (Å²) in [4.78, 5) is 17.5. The number of amides is 1. The molecule has 1 amide bonds. The van der Waals surface area contributed by atoms with Crippen LogP contribution >= 0.6 is 0 Å². The van der Waals surface area contributed by atoms with Crippen molar-refractivity contribution in [1.29, 1.82) is 0 Å². The Morgan fingerprint density at radius 2 is 2.13 bits per heavy atom. The molecule has 0 fully saturated rings. The zero-order valence-corrected chi connectivity index (χ0v) is 7.50. The van der Waals surface area contributed by atoms with Crippen molar-refractivity contribution >= 4 is 11.7 Å². The van der Waals surface area contributed by atoms with E-state index in [1.807, 2.05) is 0 Å². The lowest BCUT2D eigenvalue weighted by Crippen LogP contribution is -2.30. The lowest BCUT2D eigenvalue weighted by molar-refractivity contribution is -0.167. The maximum absolute atomic E-state index is 11.8. The molecule has 0 spiro atoms. The van der Waals surface area contributed by atoms with Crippen LogP contribution in [0.15, 0.2) is 12.4 Å². The second-order valence-electron chi connectivity index (χ2n) is 2.40. The van der Waals surface area contributed by atoms with Crippen LogP contribution < -0.4 is 10.1 Å². The summed E-state index contributed by atoms with van der Waals surface area (Å²) >= 11 is 0. The Hall–Kier alpha value is -1.86. The molecule has 0 saturated carbocycles. The number of hydrogen-bond acceptors (Lipinski definition) is 4. The Morgan fingerprint density at radius 3 is 2.67 bits per heavy atom. The zero-order chi connectivity index (χ0) is 11.5. The van der Waals surface area contributed by atoms with Gasteiger partial charge in [0.05, 0.1) is 7.11 Å². The molecule has 0 unspecified atom stereocenters.